The molecule has 0 radical (unpaired) electrons. The van der Waals surface area contributed by atoms with Crippen LogP contribution in [0.3, 0.4) is 0 Å². The lowest BCUT2D eigenvalue weighted by Crippen LogP contribution is -2.19. The zero-order valence-corrected chi connectivity index (χ0v) is 11.8. The Bertz CT molecular complexity index is 558. The summed E-state index contributed by atoms with van der Waals surface area (Å²) in [6.07, 6.45) is 1.67. The number of nitrogens with one attached hydrogen (secondary N) is 1. The zero-order valence-electron chi connectivity index (χ0n) is 11.8. The van der Waals surface area contributed by atoms with Crippen LogP contribution >= 0.6 is 0 Å². The molecule has 0 unspecified atom stereocenters. The standard InChI is InChI=1S/C16H19FN2O/c1-12(2)10-18-11-13-5-4-8-19-16(13)20-15-7-3-6-14(17)9-15/h3-9,12,18H,10-11H2,1-2H3. The first-order valence-electron chi connectivity index (χ1n) is 6.73. The molecule has 3 nitrogen and oxygen atoms in total. The zero-order chi connectivity index (χ0) is 14.4. The molecule has 4 heteroatoms. The van der Waals surface area contributed by atoms with Crippen molar-refractivity contribution in [1.29, 1.82) is 0 Å². The van der Waals surface area contributed by atoms with E-state index in [9.17, 15) is 4.39 Å². The summed E-state index contributed by atoms with van der Waals surface area (Å²) < 4.78 is 18.8. The van der Waals surface area contributed by atoms with E-state index in [-0.39, 0.29) is 5.82 Å². The minimum Gasteiger partial charge on any atom is -0.439 e. The van der Waals surface area contributed by atoms with Gasteiger partial charge >= 0.3 is 0 Å². The molecular formula is C16H19FN2O. The third kappa shape index (κ3) is 4.31. The van der Waals surface area contributed by atoms with Crippen LogP contribution in [0, 0.1) is 11.7 Å². The van der Waals surface area contributed by atoms with Crippen molar-refractivity contribution in [2.75, 3.05) is 6.54 Å². The Morgan fingerprint density at radius 2 is 2.10 bits per heavy atom. The van der Waals surface area contributed by atoms with Crippen LogP contribution in [-0.4, -0.2) is 11.5 Å². The van der Waals surface area contributed by atoms with Gasteiger partial charge in [0.25, 0.3) is 0 Å². The number of nitrogens with zero attached hydrogens (tertiary/aromatic N) is 1. The highest BCUT2D eigenvalue weighted by atomic mass is 19.1. The van der Waals surface area contributed by atoms with Gasteiger partial charge in [0.1, 0.15) is 11.6 Å². The molecule has 0 aliphatic heterocycles. The third-order valence-electron chi connectivity index (χ3n) is 2.73. The van der Waals surface area contributed by atoms with Crippen molar-refractivity contribution in [3.05, 3.63) is 54.0 Å². The second kappa shape index (κ2) is 7.01. The molecule has 1 aromatic carbocycles. The summed E-state index contributed by atoms with van der Waals surface area (Å²) in [6, 6.07) is 9.88. The summed E-state index contributed by atoms with van der Waals surface area (Å²) >= 11 is 0. The van der Waals surface area contributed by atoms with Crippen LogP contribution < -0.4 is 10.1 Å². The van der Waals surface area contributed by atoms with Crippen LogP contribution in [0.2, 0.25) is 0 Å². The summed E-state index contributed by atoms with van der Waals surface area (Å²) in [5.74, 6) is 1.22. The van der Waals surface area contributed by atoms with Gasteiger partial charge < -0.3 is 10.1 Å². The van der Waals surface area contributed by atoms with Crippen molar-refractivity contribution in [2.24, 2.45) is 5.92 Å². The van der Waals surface area contributed by atoms with Crippen LogP contribution in [0.25, 0.3) is 0 Å². The quantitative estimate of drug-likeness (QED) is 0.871. The van der Waals surface area contributed by atoms with Gasteiger partial charge in [-0.1, -0.05) is 26.0 Å². The first-order valence-corrected chi connectivity index (χ1v) is 6.73. The van der Waals surface area contributed by atoms with Crippen LogP contribution in [0.4, 0.5) is 4.39 Å². The Morgan fingerprint density at radius 3 is 2.85 bits per heavy atom. The van der Waals surface area contributed by atoms with Gasteiger partial charge in [-0.15, -0.1) is 0 Å². The average Bonchev–Trinajstić information content (AvgIpc) is 2.40. The van der Waals surface area contributed by atoms with Crippen molar-refractivity contribution in [2.45, 2.75) is 20.4 Å². The number of halogens is 1. The summed E-state index contributed by atoms with van der Waals surface area (Å²) in [7, 11) is 0. The first kappa shape index (κ1) is 14.5. The predicted molar refractivity (Wildman–Crippen MR) is 77.3 cm³/mol. The van der Waals surface area contributed by atoms with E-state index in [4.69, 9.17) is 4.74 Å². The number of hydrogen-bond acceptors (Lipinski definition) is 3. The SMILES string of the molecule is CC(C)CNCc1cccnc1Oc1cccc(F)c1. The second-order valence-corrected chi connectivity index (χ2v) is 5.05. The topological polar surface area (TPSA) is 34.2 Å². The molecule has 2 rings (SSSR count). The lowest BCUT2D eigenvalue weighted by atomic mass is 10.2. The van der Waals surface area contributed by atoms with Crippen LogP contribution in [0.15, 0.2) is 42.6 Å². The molecule has 2 aromatic rings. The smallest absolute Gasteiger partial charge is 0.223 e. The van der Waals surface area contributed by atoms with Gasteiger partial charge in [-0.2, -0.15) is 0 Å². The largest absolute Gasteiger partial charge is 0.439 e. The molecule has 0 fully saturated rings. The monoisotopic (exact) mass is 274 g/mol. The van der Waals surface area contributed by atoms with Gasteiger partial charge in [0.15, 0.2) is 0 Å². The molecule has 0 amide bonds. The predicted octanol–water partition coefficient (Wildman–Crippen LogP) is 3.76. The Balaban J connectivity index is 2.07. The number of aromatic nitrogens is 1. The molecule has 0 saturated carbocycles. The first-order chi connectivity index (χ1) is 9.65. The highest BCUT2D eigenvalue weighted by Crippen LogP contribution is 2.23. The van der Waals surface area contributed by atoms with Crippen LogP contribution in [-0.2, 0) is 6.54 Å². The van der Waals surface area contributed by atoms with Gasteiger partial charge in [-0.25, -0.2) is 9.37 Å². The van der Waals surface area contributed by atoms with E-state index in [2.05, 4.69) is 24.1 Å². The maximum Gasteiger partial charge on any atom is 0.223 e. The van der Waals surface area contributed by atoms with Gasteiger partial charge in [0, 0.05) is 24.4 Å². The molecule has 1 aromatic heterocycles. The number of pyridine rings is 1. The van der Waals surface area contributed by atoms with E-state index >= 15 is 0 Å². The number of rotatable bonds is 6. The van der Waals surface area contributed by atoms with E-state index < -0.39 is 0 Å². The molecule has 0 atom stereocenters. The molecule has 106 valence electrons. The molecule has 0 aliphatic rings. The van der Waals surface area contributed by atoms with E-state index in [1.54, 1.807) is 18.3 Å². The minimum atomic E-state index is -0.321. The number of hydrogen-bond donors (Lipinski definition) is 1. The summed E-state index contributed by atoms with van der Waals surface area (Å²) in [5.41, 5.74) is 0.956. The molecule has 1 heterocycles. The van der Waals surface area contributed by atoms with Crippen LogP contribution in [0.5, 0.6) is 11.6 Å². The third-order valence-corrected chi connectivity index (χ3v) is 2.73. The number of benzene rings is 1. The van der Waals surface area contributed by atoms with Gasteiger partial charge in [0.2, 0.25) is 5.88 Å². The van der Waals surface area contributed by atoms with E-state index in [0.717, 1.165) is 12.1 Å². The molecule has 0 spiro atoms. The Kier molecular flexibility index (Phi) is 5.07. The molecular weight excluding hydrogens is 255 g/mol. The molecule has 0 aliphatic carbocycles. The highest BCUT2D eigenvalue weighted by molar-refractivity contribution is 5.32. The highest BCUT2D eigenvalue weighted by Gasteiger charge is 2.06. The fourth-order valence-electron chi connectivity index (χ4n) is 1.79. The number of ether oxygens (including phenoxy) is 1. The average molecular weight is 274 g/mol. The minimum absolute atomic E-state index is 0.321. The maximum atomic E-state index is 13.1. The lowest BCUT2D eigenvalue weighted by Gasteiger charge is -2.11. The van der Waals surface area contributed by atoms with Crippen molar-refractivity contribution >= 4 is 0 Å². The van der Waals surface area contributed by atoms with Gasteiger partial charge in [-0.3, -0.25) is 0 Å². The van der Waals surface area contributed by atoms with Crippen molar-refractivity contribution in [3.8, 4) is 11.6 Å². The van der Waals surface area contributed by atoms with Crippen molar-refractivity contribution in [1.82, 2.24) is 10.3 Å². The van der Waals surface area contributed by atoms with Crippen molar-refractivity contribution < 1.29 is 9.13 Å². The van der Waals surface area contributed by atoms with E-state index in [0.29, 0.717) is 24.1 Å². The van der Waals surface area contributed by atoms with Gasteiger partial charge in [-0.05, 0) is 30.7 Å². The Labute approximate surface area is 118 Å². The van der Waals surface area contributed by atoms with Crippen molar-refractivity contribution in [3.63, 3.8) is 0 Å². The fraction of sp³-hybridized carbons (Fsp3) is 0.312. The summed E-state index contributed by atoms with van der Waals surface area (Å²) in [4.78, 5) is 4.22. The maximum absolute atomic E-state index is 13.1. The van der Waals surface area contributed by atoms with E-state index in [1.807, 2.05) is 12.1 Å². The normalized spacial score (nSPS) is 10.8. The van der Waals surface area contributed by atoms with Gasteiger partial charge in [0.05, 0.1) is 0 Å². The molecule has 0 bridgehead atoms. The lowest BCUT2D eigenvalue weighted by molar-refractivity contribution is 0.446. The molecule has 0 saturated heterocycles. The Hall–Kier alpha value is -1.94. The molecule has 1 N–H and O–H groups in total. The molecule has 20 heavy (non-hydrogen) atoms. The summed E-state index contributed by atoms with van der Waals surface area (Å²) in [5, 5.41) is 3.34. The fourth-order valence-corrected chi connectivity index (χ4v) is 1.79. The van der Waals surface area contributed by atoms with Crippen LogP contribution in [0.1, 0.15) is 19.4 Å². The Morgan fingerprint density at radius 1 is 1.25 bits per heavy atom. The summed E-state index contributed by atoms with van der Waals surface area (Å²) in [6.45, 7) is 5.91. The van der Waals surface area contributed by atoms with E-state index in [1.165, 1.54) is 12.1 Å². The second-order valence-electron chi connectivity index (χ2n) is 5.05.